The molecule has 3 atom stereocenters. The van der Waals surface area contributed by atoms with Gasteiger partial charge in [-0.25, -0.2) is 0 Å². The van der Waals surface area contributed by atoms with E-state index in [1.165, 1.54) is 12.8 Å². The van der Waals surface area contributed by atoms with Gasteiger partial charge in [-0.15, -0.1) is 0 Å². The fraction of sp³-hybridized carbons (Fsp3) is 0.364. The maximum Gasteiger partial charge on any atom is 0.232 e. The summed E-state index contributed by atoms with van der Waals surface area (Å²) in [6, 6.07) is 14.3. The summed E-state index contributed by atoms with van der Waals surface area (Å²) in [5.41, 5.74) is 2.77. The molecule has 1 aliphatic heterocycles. The summed E-state index contributed by atoms with van der Waals surface area (Å²) in [5, 5.41) is 0. The first kappa shape index (κ1) is 15.9. The Morgan fingerprint density at radius 3 is 2.52 bits per heavy atom. The molecule has 0 spiro atoms. The van der Waals surface area contributed by atoms with Crippen molar-refractivity contribution in [3.63, 3.8) is 0 Å². The molecule has 0 N–H and O–H groups in total. The van der Waals surface area contributed by atoms with E-state index in [4.69, 9.17) is 0 Å². The summed E-state index contributed by atoms with van der Waals surface area (Å²) in [6.07, 6.45) is 6.51. The summed E-state index contributed by atoms with van der Waals surface area (Å²) >= 11 is 0. The first-order chi connectivity index (χ1) is 12.2. The van der Waals surface area contributed by atoms with Gasteiger partial charge in [-0.1, -0.05) is 42.9 Å². The molecule has 1 saturated carbocycles. The Hall–Kier alpha value is -2.60. The third-order valence-corrected chi connectivity index (χ3v) is 5.55. The lowest BCUT2D eigenvalue weighted by Crippen LogP contribution is -2.33. The van der Waals surface area contributed by atoms with Crippen LogP contribution in [-0.2, 0) is 4.79 Å². The number of fused-ring (bicyclic) bond motifs is 1. The molecule has 3 heteroatoms. The molecule has 25 heavy (non-hydrogen) atoms. The molecule has 1 saturated heterocycles. The smallest absolute Gasteiger partial charge is 0.232 e. The lowest BCUT2D eigenvalue weighted by Gasteiger charge is -2.29. The molecule has 2 aliphatic rings. The van der Waals surface area contributed by atoms with Crippen LogP contribution in [-0.4, -0.2) is 28.9 Å². The summed E-state index contributed by atoms with van der Waals surface area (Å²) in [4.78, 5) is 19.3. The van der Waals surface area contributed by atoms with E-state index >= 15 is 0 Å². The highest BCUT2D eigenvalue weighted by Crippen LogP contribution is 2.44. The largest absolute Gasteiger partial charge is 0.342 e. The SMILES string of the molecule is CN1C(=O)[C@H](c2ccc(C#Cc3ccccc3)cn2)[C@@H]2CCCC[C@@H]21. The zero-order valence-electron chi connectivity index (χ0n) is 14.5. The van der Waals surface area contributed by atoms with E-state index in [0.717, 1.165) is 29.7 Å². The van der Waals surface area contributed by atoms with Gasteiger partial charge in [-0.3, -0.25) is 9.78 Å². The third-order valence-electron chi connectivity index (χ3n) is 5.55. The van der Waals surface area contributed by atoms with Crippen molar-refractivity contribution in [3.05, 3.63) is 65.5 Å². The van der Waals surface area contributed by atoms with Crippen molar-refractivity contribution in [1.29, 1.82) is 0 Å². The highest BCUT2D eigenvalue weighted by molar-refractivity contribution is 5.86. The van der Waals surface area contributed by atoms with Gasteiger partial charge in [0.25, 0.3) is 0 Å². The summed E-state index contributed by atoms with van der Waals surface area (Å²) < 4.78 is 0. The van der Waals surface area contributed by atoms with E-state index in [9.17, 15) is 4.79 Å². The number of nitrogens with zero attached hydrogens (tertiary/aromatic N) is 2. The highest BCUT2D eigenvalue weighted by Gasteiger charge is 2.48. The number of aromatic nitrogens is 1. The molecule has 2 aromatic rings. The number of likely N-dealkylation sites (N-methyl/N-ethyl adjacent to an activating group) is 1. The number of amides is 1. The Balaban J connectivity index is 1.56. The first-order valence-corrected chi connectivity index (χ1v) is 9.04. The molecule has 126 valence electrons. The predicted octanol–water partition coefficient (Wildman–Crippen LogP) is 3.60. The Morgan fingerprint density at radius 1 is 1.00 bits per heavy atom. The maximum absolute atomic E-state index is 12.7. The molecule has 0 radical (unpaired) electrons. The molecule has 0 unspecified atom stereocenters. The van der Waals surface area contributed by atoms with Crippen LogP contribution in [0.2, 0.25) is 0 Å². The van der Waals surface area contributed by atoms with Crippen LogP contribution in [0.1, 0.15) is 48.4 Å². The van der Waals surface area contributed by atoms with Crippen LogP contribution < -0.4 is 0 Å². The topological polar surface area (TPSA) is 33.2 Å². The second-order valence-electron chi connectivity index (χ2n) is 7.03. The highest BCUT2D eigenvalue weighted by atomic mass is 16.2. The van der Waals surface area contributed by atoms with E-state index in [1.807, 2.05) is 54.4 Å². The summed E-state index contributed by atoms with van der Waals surface area (Å²) in [6.45, 7) is 0. The lowest BCUT2D eigenvalue weighted by molar-refractivity contribution is -0.128. The molecule has 0 bridgehead atoms. The van der Waals surface area contributed by atoms with E-state index in [1.54, 1.807) is 6.20 Å². The first-order valence-electron chi connectivity index (χ1n) is 9.04. The number of carbonyl (C=O) groups is 1. The van der Waals surface area contributed by atoms with Crippen LogP contribution in [0, 0.1) is 17.8 Å². The minimum atomic E-state index is -0.0774. The quantitative estimate of drug-likeness (QED) is 0.749. The van der Waals surface area contributed by atoms with E-state index < -0.39 is 0 Å². The van der Waals surface area contributed by atoms with Gasteiger partial charge in [-0.2, -0.15) is 0 Å². The zero-order chi connectivity index (χ0) is 17.2. The summed E-state index contributed by atoms with van der Waals surface area (Å²) in [5.74, 6) is 6.86. The van der Waals surface area contributed by atoms with Gasteiger partial charge in [0.2, 0.25) is 5.91 Å². The molecule has 2 fully saturated rings. The molecule has 1 amide bonds. The van der Waals surface area contributed by atoms with E-state index in [0.29, 0.717) is 12.0 Å². The van der Waals surface area contributed by atoms with Crippen LogP contribution in [0.15, 0.2) is 48.7 Å². The molecule has 3 nitrogen and oxygen atoms in total. The Labute approximate surface area is 149 Å². The molecular formula is C22H22N2O. The molecular weight excluding hydrogens is 308 g/mol. The van der Waals surface area contributed by atoms with Crippen LogP contribution >= 0.6 is 0 Å². The number of pyridine rings is 1. The van der Waals surface area contributed by atoms with Crippen molar-refractivity contribution in [2.24, 2.45) is 5.92 Å². The fourth-order valence-electron chi connectivity index (χ4n) is 4.25. The lowest BCUT2D eigenvalue weighted by atomic mass is 9.78. The molecule has 2 heterocycles. The van der Waals surface area contributed by atoms with Gasteiger partial charge in [0.1, 0.15) is 0 Å². The Bertz CT molecular complexity index is 817. The van der Waals surface area contributed by atoms with Crippen molar-refractivity contribution in [3.8, 4) is 11.8 Å². The minimum absolute atomic E-state index is 0.0774. The van der Waals surface area contributed by atoms with Crippen molar-refractivity contribution in [2.75, 3.05) is 7.05 Å². The number of hydrogen-bond donors (Lipinski definition) is 0. The minimum Gasteiger partial charge on any atom is -0.342 e. The normalized spacial score (nSPS) is 25.2. The number of rotatable bonds is 1. The average Bonchev–Trinajstić information content (AvgIpc) is 2.92. The van der Waals surface area contributed by atoms with Gasteiger partial charge in [0.15, 0.2) is 0 Å². The number of benzene rings is 1. The second kappa shape index (κ2) is 6.72. The van der Waals surface area contributed by atoms with Crippen LogP contribution in [0.5, 0.6) is 0 Å². The van der Waals surface area contributed by atoms with Crippen molar-refractivity contribution in [1.82, 2.24) is 9.88 Å². The van der Waals surface area contributed by atoms with Crippen molar-refractivity contribution >= 4 is 5.91 Å². The number of carbonyl (C=O) groups excluding carboxylic acids is 1. The van der Waals surface area contributed by atoms with Gasteiger partial charge in [-0.05, 0) is 43.0 Å². The van der Waals surface area contributed by atoms with E-state index in [-0.39, 0.29) is 11.8 Å². The maximum atomic E-state index is 12.7. The van der Waals surface area contributed by atoms with E-state index in [2.05, 4.69) is 16.8 Å². The Morgan fingerprint density at radius 2 is 1.76 bits per heavy atom. The van der Waals surface area contributed by atoms with Gasteiger partial charge in [0, 0.05) is 30.4 Å². The van der Waals surface area contributed by atoms with Gasteiger partial charge >= 0.3 is 0 Å². The standard InChI is InChI=1S/C22H22N2O/c1-24-20-10-6-5-9-18(20)21(22(24)25)19-14-13-17(15-23-19)12-11-16-7-3-2-4-8-16/h2-4,7-8,13-15,18,20-21H,5-6,9-10H2,1H3/t18-,20+,21+/m1/s1. The molecule has 1 aliphatic carbocycles. The van der Waals surface area contributed by atoms with Crippen molar-refractivity contribution < 1.29 is 4.79 Å². The number of hydrogen-bond acceptors (Lipinski definition) is 2. The van der Waals surface area contributed by atoms with Crippen molar-refractivity contribution in [2.45, 2.75) is 37.6 Å². The van der Waals surface area contributed by atoms with Crippen LogP contribution in [0.4, 0.5) is 0 Å². The number of likely N-dealkylation sites (tertiary alicyclic amines) is 1. The fourth-order valence-corrected chi connectivity index (χ4v) is 4.25. The second-order valence-corrected chi connectivity index (χ2v) is 7.03. The molecule has 4 rings (SSSR count). The van der Waals surface area contributed by atoms with Crippen LogP contribution in [0.25, 0.3) is 0 Å². The molecule has 1 aromatic carbocycles. The molecule has 1 aromatic heterocycles. The predicted molar refractivity (Wildman–Crippen MR) is 97.9 cm³/mol. The average molecular weight is 330 g/mol. The van der Waals surface area contributed by atoms with Gasteiger partial charge < -0.3 is 4.90 Å². The van der Waals surface area contributed by atoms with Gasteiger partial charge in [0.05, 0.1) is 11.6 Å². The Kier molecular flexibility index (Phi) is 4.28. The summed E-state index contributed by atoms with van der Waals surface area (Å²) in [7, 11) is 1.95. The zero-order valence-corrected chi connectivity index (χ0v) is 14.5. The monoisotopic (exact) mass is 330 g/mol. The third kappa shape index (κ3) is 3.05. The van der Waals surface area contributed by atoms with Crippen LogP contribution in [0.3, 0.4) is 0 Å².